The van der Waals surface area contributed by atoms with Crippen LogP contribution >= 0.6 is 0 Å². The first-order valence-electron chi connectivity index (χ1n) is 10.6. The molecule has 0 heterocycles. The lowest BCUT2D eigenvalue weighted by molar-refractivity contribution is -0.122. The van der Waals surface area contributed by atoms with Gasteiger partial charge in [-0.1, -0.05) is 24.6 Å². The van der Waals surface area contributed by atoms with E-state index in [0.29, 0.717) is 29.4 Å². The van der Waals surface area contributed by atoms with Crippen LogP contribution in [0, 0.1) is 6.92 Å². The van der Waals surface area contributed by atoms with Crippen molar-refractivity contribution in [2.45, 2.75) is 31.3 Å². The second-order valence-corrected chi connectivity index (χ2v) is 9.20. The number of aryl methyl sites for hydroxylation is 1. The summed E-state index contributed by atoms with van der Waals surface area (Å²) < 4.78 is 44.4. The maximum absolute atomic E-state index is 12.8. The summed E-state index contributed by atoms with van der Waals surface area (Å²) in [6.07, 6.45) is -0.213. The molecular weight excluding hydrogens is 456 g/mol. The summed E-state index contributed by atoms with van der Waals surface area (Å²) in [5, 5.41) is 2.77. The van der Waals surface area contributed by atoms with Gasteiger partial charge in [-0.3, -0.25) is 9.52 Å². The van der Waals surface area contributed by atoms with Gasteiger partial charge in [-0.25, -0.2) is 8.42 Å². The summed E-state index contributed by atoms with van der Waals surface area (Å²) in [6, 6.07) is 18.1. The van der Waals surface area contributed by atoms with Crippen molar-refractivity contribution in [3.8, 4) is 17.2 Å². The maximum atomic E-state index is 12.8. The summed E-state index contributed by atoms with van der Waals surface area (Å²) >= 11 is 0. The highest BCUT2D eigenvalue weighted by atomic mass is 32.2. The van der Waals surface area contributed by atoms with E-state index in [-0.39, 0.29) is 16.5 Å². The van der Waals surface area contributed by atoms with Gasteiger partial charge in [0.1, 0.15) is 17.2 Å². The Labute approximate surface area is 199 Å². The van der Waals surface area contributed by atoms with Gasteiger partial charge in [-0.15, -0.1) is 0 Å². The highest BCUT2D eigenvalue weighted by molar-refractivity contribution is 7.92. The molecular formula is C25H28N2O6S. The van der Waals surface area contributed by atoms with Crippen molar-refractivity contribution in [2.75, 3.05) is 24.3 Å². The molecule has 1 atom stereocenters. The third-order valence-electron chi connectivity index (χ3n) is 5.05. The predicted octanol–water partition coefficient (Wildman–Crippen LogP) is 4.61. The third-order valence-corrected chi connectivity index (χ3v) is 6.43. The lowest BCUT2D eigenvalue weighted by Crippen LogP contribution is -2.32. The van der Waals surface area contributed by atoms with E-state index in [2.05, 4.69) is 10.0 Å². The second-order valence-electron chi connectivity index (χ2n) is 7.51. The minimum Gasteiger partial charge on any atom is -0.497 e. The average molecular weight is 485 g/mol. The first kappa shape index (κ1) is 24.9. The van der Waals surface area contributed by atoms with E-state index in [9.17, 15) is 13.2 Å². The van der Waals surface area contributed by atoms with Gasteiger partial charge in [-0.2, -0.15) is 0 Å². The monoisotopic (exact) mass is 484 g/mol. The molecule has 0 aliphatic carbocycles. The van der Waals surface area contributed by atoms with Crippen LogP contribution in [0.1, 0.15) is 18.9 Å². The second kappa shape index (κ2) is 10.9. The van der Waals surface area contributed by atoms with Crippen molar-refractivity contribution >= 4 is 27.3 Å². The number of benzene rings is 3. The predicted molar refractivity (Wildman–Crippen MR) is 131 cm³/mol. The van der Waals surface area contributed by atoms with Crippen LogP contribution in [0.15, 0.2) is 71.6 Å². The number of rotatable bonds is 10. The fourth-order valence-corrected chi connectivity index (χ4v) is 4.20. The molecule has 34 heavy (non-hydrogen) atoms. The molecule has 9 heteroatoms. The van der Waals surface area contributed by atoms with Crippen molar-refractivity contribution < 1.29 is 27.4 Å². The third kappa shape index (κ3) is 6.20. The van der Waals surface area contributed by atoms with Gasteiger partial charge in [0, 0.05) is 11.8 Å². The van der Waals surface area contributed by atoms with Crippen molar-refractivity contribution in [3.05, 3.63) is 72.3 Å². The number of ether oxygens (including phenoxy) is 3. The molecule has 0 radical (unpaired) electrons. The van der Waals surface area contributed by atoms with Crippen LogP contribution in [0.3, 0.4) is 0 Å². The molecule has 2 N–H and O–H groups in total. The van der Waals surface area contributed by atoms with Crippen LogP contribution in [0.4, 0.5) is 11.4 Å². The molecule has 3 aromatic carbocycles. The zero-order valence-corrected chi connectivity index (χ0v) is 20.3. The van der Waals surface area contributed by atoms with Gasteiger partial charge < -0.3 is 19.5 Å². The van der Waals surface area contributed by atoms with E-state index in [1.165, 1.54) is 38.5 Å². The lowest BCUT2D eigenvalue weighted by atomic mass is 10.2. The summed E-state index contributed by atoms with van der Waals surface area (Å²) in [4.78, 5) is 12.7. The van der Waals surface area contributed by atoms with Crippen molar-refractivity contribution in [1.29, 1.82) is 0 Å². The Morgan fingerprint density at radius 3 is 2.15 bits per heavy atom. The molecule has 0 bridgehead atoms. The van der Waals surface area contributed by atoms with E-state index < -0.39 is 16.1 Å². The van der Waals surface area contributed by atoms with Crippen LogP contribution in [0.5, 0.6) is 17.2 Å². The fourth-order valence-electron chi connectivity index (χ4n) is 3.13. The molecule has 0 aliphatic rings. The van der Waals surface area contributed by atoms with E-state index in [0.717, 1.165) is 5.56 Å². The van der Waals surface area contributed by atoms with E-state index >= 15 is 0 Å². The van der Waals surface area contributed by atoms with Crippen LogP contribution in [0.2, 0.25) is 0 Å². The topological polar surface area (TPSA) is 103 Å². The average Bonchev–Trinajstić information content (AvgIpc) is 2.84. The van der Waals surface area contributed by atoms with Crippen molar-refractivity contribution in [1.82, 2.24) is 0 Å². The Kier molecular flexibility index (Phi) is 8.01. The molecule has 0 saturated heterocycles. The minimum atomic E-state index is -3.88. The van der Waals surface area contributed by atoms with Gasteiger partial charge in [0.25, 0.3) is 15.9 Å². The van der Waals surface area contributed by atoms with Crippen LogP contribution < -0.4 is 24.2 Å². The highest BCUT2D eigenvalue weighted by Crippen LogP contribution is 2.31. The van der Waals surface area contributed by atoms with Gasteiger partial charge in [-0.05, 0) is 61.9 Å². The number of methoxy groups -OCH3 is 2. The summed E-state index contributed by atoms with van der Waals surface area (Å²) in [6.45, 7) is 3.83. The molecule has 0 saturated carbocycles. The molecule has 1 amide bonds. The van der Waals surface area contributed by atoms with Gasteiger partial charge in [0.15, 0.2) is 6.10 Å². The van der Waals surface area contributed by atoms with Crippen LogP contribution in [-0.2, 0) is 14.8 Å². The molecule has 8 nitrogen and oxygen atoms in total. The number of anilines is 2. The van der Waals surface area contributed by atoms with Gasteiger partial charge in [0.2, 0.25) is 0 Å². The summed E-state index contributed by atoms with van der Waals surface area (Å²) in [5.74, 6) is 1.15. The summed E-state index contributed by atoms with van der Waals surface area (Å²) in [5.41, 5.74) is 1.83. The molecule has 0 spiro atoms. The standard InChI is InChI=1S/C25H28N2O6S/c1-5-23(33-19-10-6-17(2)7-11-19)25(28)26-18-8-13-21(14-9-18)34(29,30)27-22-15-12-20(31-3)16-24(22)32-4/h6-16,23,27H,5H2,1-4H3,(H,26,28)/t23-/m0/s1. The maximum Gasteiger partial charge on any atom is 0.265 e. The quantitative estimate of drug-likeness (QED) is 0.436. The fraction of sp³-hybridized carbons (Fsp3) is 0.240. The molecule has 3 rings (SSSR count). The van der Waals surface area contributed by atoms with Crippen LogP contribution in [0.25, 0.3) is 0 Å². The Morgan fingerprint density at radius 2 is 1.56 bits per heavy atom. The van der Waals surface area contributed by atoms with E-state index in [4.69, 9.17) is 14.2 Å². The number of carbonyl (C=O) groups excluding carboxylic acids is 1. The zero-order chi connectivity index (χ0) is 24.7. The van der Waals surface area contributed by atoms with E-state index in [1.807, 2.05) is 38.1 Å². The van der Waals surface area contributed by atoms with Gasteiger partial charge in [0.05, 0.1) is 24.8 Å². The molecule has 180 valence electrons. The molecule has 3 aromatic rings. The Hall–Kier alpha value is -3.72. The Bertz CT molecular complexity index is 1230. The van der Waals surface area contributed by atoms with Gasteiger partial charge >= 0.3 is 0 Å². The normalized spacial score (nSPS) is 11.9. The molecule has 0 fully saturated rings. The SMILES string of the molecule is CC[C@H](Oc1ccc(C)cc1)C(=O)Nc1ccc(S(=O)(=O)Nc2ccc(OC)cc2OC)cc1. The lowest BCUT2D eigenvalue weighted by Gasteiger charge is -2.17. The first-order valence-corrected chi connectivity index (χ1v) is 12.1. The molecule has 0 unspecified atom stereocenters. The molecule has 0 aromatic heterocycles. The van der Waals surface area contributed by atoms with Crippen LogP contribution in [-0.4, -0.2) is 34.6 Å². The Balaban J connectivity index is 1.68. The highest BCUT2D eigenvalue weighted by Gasteiger charge is 2.20. The number of amides is 1. The van der Waals surface area contributed by atoms with Crippen molar-refractivity contribution in [3.63, 3.8) is 0 Å². The Morgan fingerprint density at radius 1 is 0.912 bits per heavy atom. The largest absolute Gasteiger partial charge is 0.497 e. The zero-order valence-electron chi connectivity index (χ0n) is 19.5. The smallest absolute Gasteiger partial charge is 0.265 e. The number of carbonyl (C=O) groups is 1. The summed E-state index contributed by atoms with van der Waals surface area (Å²) in [7, 11) is -0.933. The van der Waals surface area contributed by atoms with E-state index in [1.54, 1.807) is 18.2 Å². The van der Waals surface area contributed by atoms with Crippen molar-refractivity contribution in [2.24, 2.45) is 0 Å². The minimum absolute atomic E-state index is 0.0336. The number of nitrogens with one attached hydrogen (secondary N) is 2. The number of sulfonamides is 1. The molecule has 0 aliphatic heterocycles. The number of hydrogen-bond donors (Lipinski definition) is 2. The first-order chi connectivity index (χ1) is 16.2. The number of hydrogen-bond acceptors (Lipinski definition) is 6.